The molecule has 0 bridgehead atoms. The lowest BCUT2D eigenvalue weighted by Gasteiger charge is -2.24. The second kappa shape index (κ2) is 9.13. The number of nitrogens with zero attached hydrogens (tertiary/aromatic N) is 2. The molecule has 2 heterocycles. The van der Waals surface area contributed by atoms with Crippen LogP contribution >= 0.6 is 0 Å². The molecule has 0 N–H and O–H groups in total. The SMILES string of the molecule is COc1cc(/C=C/C(=O)N2CCc3c(noc3-c3ccc(F)cc3)C2)cc(OC)c1OC. The molecule has 0 radical (unpaired) electrons. The van der Waals surface area contributed by atoms with Gasteiger partial charge in [-0.1, -0.05) is 5.16 Å². The van der Waals surface area contributed by atoms with Crippen molar-refractivity contribution < 1.29 is 27.9 Å². The average Bonchev–Trinajstić information content (AvgIpc) is 3.25. The Labute approximate surface area is 185 Å². The van der Waals surface area contributed by atoms with Crippen molar-refractivity contribution in [3.8, 4) is 28.6 Å². The van der Waals surface area contributed by atoms with Gasteiger partial charge in [0.25, 0.3) is 0 Å². The van der Waals surface area contributed by atoms with Crippen molar-refractivity contribution in [2.45, 2.75) is 13.0 Å². The van der Waals surface area contributed by atoms with E-state index < -0.39 is 0 Å². The number of benzene rings is 2. The van der Waals surface area contributed by atoms with Gasteiger partial charge in [-0.3, -0.25) is 4.79 Å². The van der Waals surface area contributed by atoms with Gasteiger partial charge in [-0.05, 0) is 54.5 Å². The van der Waals surface area contributed by atoms with Crippen LogP contribution in [0.15, 0.2) is 47.0 Å². The van der Waals surface area contributed by atoms with Crippen molar-refractivity contribution in [3.63, 3.8) is 0 Å². The molecule has 1 aliphatic heterocycles. The molecule has 32 heavy (non-hydrogen) atoms. The first kappa shape index (κ1) is 21.4. The lowest BCUT2D eigenvalue weighted by Crippen LogP contribution is -2.34. The van der Waals surface area contributed by atoms with Crippen molar-refractivity contribution in [1.82, 2.24) is 10.1 Å². The molecule has 4 rings (SSSR count). The molecule has 0 unspecified atom stereocenters. The van der Waals surface area contributed by atoms with Crippen LogP contribution in [-0.4, -0.2) is 43.8 Å². The molecular formula is C24H23FN2O5. The molecule has 8 heteroatoms. The molecule has 0 saturated carbocycles. The van der Waals surface area contributed by atoms with Crippen LogP contribution in [0, 0.1) is 5.82 Å². The summed E-state index contributed by atoms with van der Waals surface area (Å²) in [6.45, 7) is 0.874. The second-order valence-corrected chi connectivity index (χ2v) is 7.25. The summed E-state index contributed by atoms with van der Waals surface area (Å²) in [7, 11) is 4.62. The van der Waals surface area contributed by atoms with Gasteiger partial charge in [-0.2, -0.15) is 0 Å². The highest BCUT2D eigenvalue weighted by molar-refractivity contribution is 5.92. The summed E-state index contributed by atoms with van der Waals surface area (Å²) in [5.74, 6) is 1.69. The third-order valence-electron chi connectivity index (χ3n) is 5.37. The van der Waals surface area contributed by atoms with E-state index in [0.717, 1.165) is 16.7 Å². The highest BCUT2D eigenvalue weighted by atomic mass is 19.1. The molecule has 3 aromatic rings. The van der Waals surface area contributed by atoms with E-state index in [1.807, 2.05) is 0 Å². The van der Waals surface area contributed by atoms with E-state index in [1.165, 1.54) is 25.3 Å². The smallest absolute Gasteiger partial charge is 0.246 e. The van der Waals surface area contributed by atoms with Crippen LogP contribution in [0.25, 0.3) is 17.4 Å². The predicted octanol–water partition coefficient (Wildman–Crippen LogP) is 4.10. The quantitative estimate of drug-likeness (QED) is 0.540. The summed E-state index contributed by atoms with van der Waals surface area (Å²) in [5, 5.41) is 4.14. The number of carbonyl (C=O) groups is 1. The first-order valence-electron chi connectivity index (χ1n) is 10.0. The monoisotopic (exact) mass is 438 g/mol. The van der Waals surface area contributed by atoms with Crippen molar-refractivity contribution in [2.75, 3.05) is 27.9 Å². The van der Waals surface area contributed by atoms with Gasteiger partial charge < -0.3 is 23.6 Å². The Hall–Kier alpha value is -3.81. The highest BCUT2D eigenvalue weighted by Crippen LogP contribution is 2.38. The fraction of sp³-hybridized carbons (Fsp3) is 0.250. The first-order chi connectivity index (χ1) is 15.5. The van der Waals surface area contributed by atoms with E-state index in [0.29, 0.717) is 48.2 Å². The Morgan fingerprint density at radius 3 is 2.41 bits per heavy atom. The van der Waals surface area contributed by atoms with Crippen LogP contribution in [0.3, 0.4) is 0 Å². The Kier molecular flexibility index (Phi) is 6.11. The Balaban J connectivity index is 1.49. The molecule has 0 aliphatic carbocycles. The zero-order valence-corrected chi connectivity index (χ0v) is 18.1. The number of aromatic nitrogens is 1. The molecule has 1 amide bonds. The molecule has 2 aromatic carbocycles. The molecule has 166 valence electrons. The topological polar surface area (TPSA) is 74.0 Å². The number of hydrogen-bond acceptors (Lipinski definition) is 6. The number of hydrogen-bond donors (Lipinski definition) is 0. The fourth-order valence-electron chi connectivity index (χ4n) is 3.72. The standard InChI is InChI=1S/C24H23FN2O5/c1-29-20-12-15(13-21(30-2)24(20)31-3)4-9-22(28)27-11-10-18-19(14-27)26-32-23(18)16-5-7-17(25)8-6-16/h4-9,12-13H,10-11,14H2,1-3H3/b9-4+. The number of methoxy groups -OCH3 is 3. The highest BCUT2D eigenvalue weighted by Gasteiger charge is 2.26. The van der Waals surface area contributed by atoms with Crippen LogP contribution in [0.1, 0.15) is 16.8 Å². The molecule has 1 aliphatic rings. The molecule has 0 saturated heterocycles. The third-order valence-corrected chi connectivity index (χ3v) is 5.37. The molecule has 0 atom stereocenters. The van der Waals surface area contributed by atoms with E-state index in [2.05, 4.69) is 5.16 Å². The normalized spacial score (nSPS) is 13.2. The van der Waals surface area contributed by atoms with E-state index in [9.17, 15) is 9.18 Å². The van der Waals surface area contributed by atoms with E-state index in [1.54, 1.807) is 49.5 Å². The maximum atomic E-state index is 13.2. The van der Waals surface area contributed by atoms with Gasteiger partial charge in [-0.15, -0.1) is 0 Å². The van der Waals surface area contributed by atoms with Crippen LogP contribution in [0.2, 0.25) is 0 Å². The fourth-order valence-corrected chi connectivity index (χ4v) is 3.72. The molecule has 1 aromatic heterocycles. The Morgan fingerprint density at radius 1 is 1.09 bits per heavy atom. The molecule has 0 fully saturated rings. The van der Waals surface area contributed by atoms with E-state index in [4.69, 9.17) is 18.7 Å². The summed E-state index contributed by atoms with van der Waals surface area (Å²) in [6, 6.07) is 9.63. The van der Waals surface area contributed by atoms with Crippen molar-refractivity contribution in [2.24, 2.45) is 0 Å². The van der Waals surface area contributed by atoms with E-state index >= 15 is 0 Å². The van der Waals surface area contributed by atoms with Crippen LogP contribution in [-0.2, 0) is 17.8 Å². The number of ether oxygens (including phenoxy) is 3. The molecule has 0 spiro atoms. The van der Waals surface area contributed by atoms with Gasteiger partial charge in [0, 0.05) is 23.7 Å². The van der Waals surface area contributed by atoms with Gasteiger partial charge in [0.15, 0.2) is 17.3 Å². The second-order valence-electron chi connectivity index (χ2n) is 7.25. The Bertz CT molecular complexity index is 1130. The van der Waals surface area contributed by atoms with Crippen LogP contribution in [0.4, 0.5) is 4.39 Å². The van der Waals surface area contributed by atoms with Crippen LogP contribution in [0.5, 0.6) is 17.2 Å². The van der Waals surface area contributed by atoms with E-state index in [-0.39, 0.29) is 11.7 Å². The number of carbonyl (C=O) groups excluding carboxylic acids is 1. The molecular weight excluding hydrogens is 415 g/mol. The maximum absolute atomic E-state index is 13.2. The number of rotatable bonds is 6. The third kappa shape index (κ3) is 4.16. The minimum absolute atomic E-state index is 0.143. The first-order valence-corrected chi connectivity index (χ1v) is 10.0. The zero-order valence-electron chi connectivity index (χ0n) is 18.1. The summed E-state index contributed by atoms with van der Waals surface area (Å²) >= 11 is 0. The average molecular weight is 438 g/mol. The number of amides is 1. The largest absolute Gasteiger partial charge is 0.493 e. The lowest BCUT2D eigenvalue weighted by molar-refractivity contribution is -0.126. The van der Waals surface area contributed by atoms with Crippen molar-refractivity contribution in [3.05, 3.63) is 65.1 Å². The van der Waals surface area contributed by atoms with Gasteiger partial charge in [-0.25, -0.2) is 4.39 Å². The van der Waals surface area contributed by atoms with Crippen molar-refractivity contribution >= 4 is 12.0 Å². The van der Waals surface area contributed by atoms with Crippen LogP contribution < -0.4 is 14.2 Å². The minimum Gasteiger partial charge on any atom is -0.493 e. The lowest BCUT2D eigenvalue weighted by atomic mass is 10.0. The zero-order chi connectivity index (χ0) is 22.7. The predicted molar refractivity (Wildman–Crippen MR) is 116 cm³/mol. The van der Waals surface area contributed by atoms with Gasteiger partial charge >= 0.3 is 0 Å². The van der Waals surface area contributed by atoms with Crippen molar-refractivity contribution in [1.29, 1.82) is 0 Å². The van der Waals surface area contributed by atoms with Gasteiger partial charge in [0.05, 0.1) is 27.9 Å². The minimum atomic E-state index is -0.308. The number of fused-ring (bicyclic) bond motifs is 1. The summed E-state index contributed by atoms with van der Waals surface area (Å²) in [4.78, 5) is 14.5. The number of halogens is 1. The van der Waals surface area contributed by atoms with Gasteiger partial charge in [0.1, 0.15) is 11.5 Å². The van der Waals surface area contributed by atoms with Gasteiger partial charge in [0.2, 0.25) is 11.7 Å². The summed E-state index contributed by atoms with van der Waals surface area (Å²) in [5.41, 5.74) is 3.17. The maximum Gasteiger partial charge on any atom is 0.246 e. The summed E-state index contributed by atoms with van der Waals surface area (Å²) in [6.07, 6.45) is 3.82. The Morgan fingerprint density at radius 2 is 1.78 bits per heavy atom. The molecule has 7 nitrogen and oxygen atoms in total. The summed E-state index contributed by atoms with van der Waals surface area (Å²) < 4.78 is 34.7.